The van der Waals surface area contributed by atoms with Crippen LogP contribution >= 0.6 is 12.2 Å². The summed E-state index contributed by atoms with van der Waals surface area (Å²) in [5.74, 6) is 0.989. The number of nitrogens with zero attached hydrogens (tertiary/aromatic N) is 2. The van der Waals surface area contributed by atoms with Gasteiger partial charge in [-0.3, -0.25) is 0 Å². The van der Waals surface area contributed by atoms with Crippen molar-refractivity contribution in [2.24, 2.45) is 0 Å². The normalized spacial score (nSPS) is 25.5. The van der Waals surface area contributed by atoms with Crippen LogP contribution in [0.25, 0.3) is 0 Å². The topological polar surface area (TPSA) is 49.4 Å². The summed E-state index contributed by atoms with van der Waals surface area (Å²) < 4.78 is 5.75. The monoisotopic (exact) mass is 306 g/mol. The lowest BCUT2D eigenvalue weighted by Gasteiger charge is -2.36. The van der Waals surface area contributed by atoms with Crippen molar-refractivity contribution in [1.82, 2.24) is 10.3 Å². The van der Waals surface area contributed by atoms with Gasteiger partial charge in [-0.25, -0.2) is 4.98 Å². The van der Waals surface area contributed by atoms with Crippen LogP contribution in [0.4, 0.5) is 11.5 Å². The molecule has 0 radical (unpaired) electrons. The maximum absolute atomic E-state index is 5.75. The van der Waals surface area contributed by atoms with Crippen LogP contribution in [0.5, 0.6) is 0 Å². The third-order valence-electron chi connectivity index (χ3n) is 3.66. The zero-order valence-corrected chi connectivity index (χ0v) is 13.3. The molecule has 1 saturated carbocycles. The SMILES string of the molecule is C[C@@H]1CN(c2ccc(NC(=S)NC3CC3)cn2)C[C@H](C)O1. The van der Waals surface area contributed by atoms with Gasteiger partial charge in [-0.2, -0.15) is 0 Å². The standard InChI is InChI=1S/C15H22N4OS/c1-10-8-19(9-11(2)20-10)14-6-5-13(7-16-14)18-15(21)17-12-3-4-12/h5-7,10-12H,3-4,8-9H2,1-2H3,(H2,17,18,21)/t10-,11+. The molecule has 114 valence electrons. The molecule has 2 fully saturated rings. The molecule has 0 unspecified atom stereocenters. The lowest BCUT2D eigenvalue weighted by Crippen LogP contribution is -2.45. The molecular weight excluding hydrogens is 284 g/mol. The van der Waals surface area contributed by atoms with E-state index >= 15 is 0 Å². The Hall–Kier alpha value is -1.40. The zero-order valence-electron chi connectivity index (χ0n) is 12.5. The van der Waals surface area contributed by atoms with Gasteiger partial charge in [0.2, 0.25) is 0 Å². The first kappa shape index (κ1) is 14.5. The highest BCUT2D eigenvalue weighted by Crippen LogP contribution is 2.21. The van der Waals surface area contributed by atoms with E-state index in [2.05, 4.69) is 34.4 Å². The third-order valence-corrected chi connectivity index (χ3v) is 3.88. The van der Waals surface area contributed by atoms with Gasteiger partial charge in [-0.15, -0.1) is 0 Å². The first-order valence-corrected chi connectivity index (χ1v) is 7.95. The number of ether oxygens (including phenoxy) is 1. The Morgan fingerprint density at radius 3 is 2.57 bits per heavy atom. The van der Waals surface area contributed by atoms with Gasteiger partial charge in [0.25, 0.3) is 0 Å². The highest BCUT2D eigenvalue weighted by Gasteiger charge is 2.23. The van der Waals surface area contributed by atoms with Crippen LogP contribution in [0, 0.1) is 0 Å². The highest BCUT2D eigenvalue weighted by atomic mass is 32.1. The number of hydrogen-bond donors (Lipinski definition) is 2. The van der Waals surface area contributed by atoms with Gasteiger partial charge < -0.3 is 20.3 Å². The Kier molecular flexibility index (Phi) is 4.26. The molecule has 0 spiro atoms. The van der Waals surface area contributed by atoms with Crippen LogP contribution in [0.1, 0.15) is 26.7 Å². The van der Waals surface area contributed by atoms with Gasteiger partial charge in [0.1, 0.15) is 5.82 Å². The van der Waals surface area contributed by atoms with E-state index in [0.29, 0.717) is 11.2 Å². The molecule has 5 nitrogen and oxygen atoms in total. The number of hydrogen-bond acceptors (Lipinski definition) is 4. The molecule has 6 heteroatoms. The molecule has 1 aromatic rings. The second-order valence-corrected chi connectivity index (χ2v) is 6.35. The summed E-state index contributed by atoms with van der Waals surface area (Å²) in [5, 5.41) is 7.11. The number of anilines is 2. The quantitative estimate of drug-likeness (QED) is 0.835. The summed E-state index contributed by atoms with van der Waals surface area (Å²) in [7, 11) is 0. The summed E-state index contributed by atoms with van der Waals surface area (Å²) in [4.78, 5) is 6.81. The minimum Gasteiger partial charge on any atom is -0.372 e. The summed E-state index contributed by atoms with van der Waals surface area (Å²) >= 11 is 5.26. The molecule has 2 aliphatic rings. The third kappa shape index (κ3) is 4.04. The van der Waals surface area contributed by atoms with Crippen LogP contribution < -0.4 is 15.5 Å². The fraction of sp³-hybridized carbons (Fsp3) is 0.600. The molecular formula is C15H22N4OS. The van der Waals surface area contributed by atoms with Gasteiger partial charge in [0, 0.05) is 19.1 Å². The number of morpholine rings is 1. The molecule has 2 heterocycles. The van der Waals surface area contributed by atoms with E-state index in [9.17, 15) is 0 Å². The number of rotatable bonds is 3. The van der Waals surface area contributed by atoms with E-state index in [1.807, 2.05) is 18.3 Å². The minimum absolute atomic E-state index is 0.240. The summed E-state index contributed by atoms with van der Waals surface area (Å²) in [6.45, 7) is 5.96. The predicted octanol–water partition coefficient (Wildman–Crippen LogP) is 2.14. The van der Waals surface area contributed by atoms with E-state index in [-0.39, 0.29) is 12.2 Å². The fourth-order valence-electron chi connectivity index (χ4n) is 2.59. The molecule has 0 bridgehead atoms. The number of nitrogens with one attached hydrogen (secondary N) is 2. The first-order chi connectivity index (χ1) is 10.1. The van der Waals surface area contributed by atoms with Gasteiger partial charge in [-0.05, 0) is 51.0 Å². The van der Waals surface area contributed by atoms with Gasteiger partial charge in [-0.1, -0.05) is 0 Å². The Morgan fingerprint density at radius 2 is 2.00 bits per heavy atom. The molecule has 3 rings (SSSR count). The van der Waals surface area contributed by atoms with E-state index in [0.717, 1.165) is 24.6 Å². The summed E-state index contributed by atoms with van der Waals surface area (Å²) in [6.07, 6.45) is 4.74. The number of thiocarbonyl (C=S) groups is 1. The Morgan fingerprint density at radius 1 is 1.29 bits per heavy atom. The van der Waals surface area contributed by atoms with Crippen molar-refractivity contribution in [3.8, 4) is 0 Å². The van der Waals surface area contributed by atoms with Crippen LogP contribution in [0.2, 0.25) is 0 Å². The predicted molar refractivity (Wildman–Crippen MR) is 88.8 cm³/mol. The van der Waals surface area contributed by atoms with Crippen molar-refractivity contribution in [3.05, 3.63) is 18.3 Å². The molecule has 2 N–H and O–H groups in total. The average Bonchev–Trinajstić information content (AvgIpc) is 3.22. The summed E-state index contributed by atoms with van der Waals surface area (Å²) in [6, 6.07) is 4.62. The van der Waals surface area contributed by atoms with Crippen molar-refractivity contribution in [2.45, 2.75) is 44.9 Å². The second kappa shape index (κ2) is 6.15. The van der Waals surface area contributed by atoms with Crippen LogP contribution in [0.15, 0.2) is 18.3 Å². The van der Waals surface area contributed by atoms with Crippen LogP contribution in [0.3, 0.4) is 0 Å². The molecule has 0 amide bonds. The van der Waals surface area contributed by atoms with Crippen LogP contribution in [-0.4, -0.2) is 41.4 Å². The van der Waals surface area contributed by atoms with E-state index in [1.54, 1.807) is 0 Å². The van der Waals surface area contributed by atoms with Crippen LogP contribution in [-0.2, 0) is 4.74 Å². The molecule has 21 heavy (non-hydrogen) atoms. The molecule has 1 aliphatic heterocycles. The van der Waals surface area contributed by atoms with Gasteiger partial charge in [0.05, 0.1) is 24.1 Å². The van der Waals surface area contributed by atoms with Gasteiger partial charge in [0.15, 0.2) is 5.11 Å². The minimum atomic E-state index is 0.240. The largest absolute Gasteiger partial charge is 0.372 e. The fourth-order valence-corrected chi connectivity index (χ4v) is 2.88. The lowest BCUT2D eigenvalue weighted by molar-refractivity contribution is -0.00545. The Balaban J connectivity index is 1.59. The molecule has 1 aliphatic carbocycles. The Bertz CT molecular complexity index is 493. The lowest BCUT2D eigenvalue weighted by atomic mass is 10.2. The molecule has 2 atom stereocenters. The van der Waals surface area contributed by atoms with E-state index in [1.165, 1.54) is 12.8 Å². The smallest absolute Gasteiger partial charge is 0.171 e. The zero-order chi connectivity index (χ0) is 14.8. The Labute approximate surface area is 131 Å². The maximum Gasteiger partial charge on any atom is 0.171 e. The molecule has 1 saturated heterocycles. The van der Waals surface area contributed by atoms with Crippen molar-refractivity contribution < 1.29 is 4.74 Å². The molecule has 1 aromatic heterocycles. The summed E-state index contributed by atoms with van der Waals surface area (Å²) in [5.41, 5.74) is 0.922. The van der Waals surface area contributed by atoms with Crippen molar-refractivity contribution in [1.29, 1.82) is 0 Å². The van der Waals surface area contributed by atoms with Gasteiger partial charge >= 0.3 is 0 Å². The van der Waals surface area contributed by atoms with E-state index < -0.39 is 0 Å². The number of aromatic nitrogens is 1. The second-order valence-electron chi connectivity index (χ2n) is 5.94. The van der Waals surface area contributed by atoms with Crippen molar-refractivity contribution in [3.63, 3.8) is 0 Å². The maximum atomic E-state index is 5.75. The highest BCUT2D eigenvalue weighted by molar-refractivity contribution is 7.80. The molecule has 0 aromatic carbocycles. The number of pyridine rings is 1. The first-order valence-electron chi connectivity index (χ1n) is 7.54. The van der Waals surface area contributed by atoms with E-state index in [4.69, 9.17) is 17.0 Å². The van der Waals surface area contributed by atoms with Crippen molar-refractivity contribution >= 4 is 28.8 Å². The van der Waals surface area contributed by atoms with Crippen molar-refractivity contribution in [2.75, 3.05) is 23.3 Å². The average molecular weight is 306 g/mol.